The van der Waals surface area contributed by atoms with Gasteiger partial charge in [0.1, 0.15) is 5.76 Å². The summed E-state index contributed by atoms with van der Waals surface area (Å²) in [5.41, 5.74) is 3.58. The molecule has 0 saturated carbocycles. The highest BCUT2D eigenvalue weighted by Gasteiger charge is 2.01. The highest BCUT2D eigenvalue weighted by molar-refractivity contribution is 9.10. The number of furan rings is 1. The van der Waals surface area contributed by atoms with Crippen molar-refractivity contribution in [1.29, 1.82) is 0 Å². The van der Waals surface area contributed by atoms with Crippen LogP contribution in [0.2, 0.25) is 5.02 Å². The van der Waals surface area contributed by atoms with Crippen LogP contribution >= 0.6 is 39.3 Å². The van der Waals surface area contributed by atoms with E-state index in [2.05, 4.69) is 26.5 Å². The second kappa shape index (κ2) is 8.26. The number of hydrazone groups is 1. The fourth-order valence-electron chi connectivity index (χ4n) is 1.44. The summed E-state index contributed by atoms with van der Waals surface area (Å²) >= 11 is 10.5. The summed E-state index contributed by atoms with van der Waals surface area (Å²) in [6.07, 6.45) is 1.45. The minimum absolute atomic E-state index is 0.157. The van der Waals surface area contributed by atoms with Crippen LogP contribution in [-0.4, -0.2) is 17.9 Å². The molecular formula is C14H12BrClN2O2S. The van der Waals surface area contributed by atoms with Gasteiger partial charge in [0.05, 0.1) is 12.0 Å². The van der Waals surface area contributed by atoms with Gasteiger partial charge in [-0.2, -0.15) is 5.10 Å². The maximum Gasteiger partial charge on any atom is 0.250 e. The molecule has 0 bridgehead atoms. The Kier molecular flexibility index (Phi) is 6.35. The number of hydrogen-bond acceptors (Lipinski definition) is 4. The number of halogens is 2. The molecule has 0 aliphatic carbocycles. The monoisotopic (exact) mass is 386 g/mol. The van der Waals surface area contributed by atoms with Crippen molar-refractivity contribution in [2.24, 2.45) is 5.10 Å². The van der Waals surface area contributed by atoms with Crippen molar-refractivity contribution in [3.8, 4) is 0 Å². The van der Waals surface area contributed by atoms with E-state index in [1.165, 1.54) is 18.0 Å². The average Bonchev–Trinajstić information content (AvgIpc) is 2.87. The zero-order valence-electron chi connectivity index (χ0n) is 10.9. The van der Waals surface area contributed by atoms with Crippen molar-refractivity contribution in [1.82, 2.24) is 5.43 Å². The van der Waals surface area contributed by atoms with E-state index < -0.39 is 0 Å². The molecule has 7 heteroatoms. The van der Waals surface area contributed by atoms with E-state index >= 15 is 0 Å². The summed E-state index contributed by atoms with van der Waals surface area (Å²) in [5, 5.41) is 4.53. The summed E-state index contributed by atoms with van der Waals surface area (Å²) in [6, 6.07) is 11.1. The minimum atomic E-state index is -0.157. The Morgan fingerprint density at radius 3 is 2.76 bits per heavy atom. The summed E-state index contributed by atoms with van der Waals surface area (Å²) in [6.45, 7) is 0. The van der Waals surface area contributed by atoms with Crippen LogP contribution in [-0.2, 0) is 10.5 Å². The van der Waals surface area contributed by atoms with Gasteiger partial charge in [0, 0.05) is 10.8 Å². The average molecular weight is 388 g/mol. The number of nitrogens with one attached hydrogen (secondary N) is 1. The van der Waals surface area contributed by atoms with E-state index in [1.807, 2.05) is 24.3 Å². The maximum absolute atomic E-state index is 11.6. The first-order valence-electron chi connectivity index (χ1n) is 6.03. The lowest BCUT2D eigenvalue weighted by molar-refractivity contribution is -0.118. The molecule has 1 heterocycles. The lowest BCUT2D eigenvalue weighted by atomic mass is 10.2. The normalized spacial score (nSPS) is 11.0. The van der Waals surface area contributed by atoms with Crippen LogP contribution in [0.5, 0.6) is 0 Å². The fraction of sp³-hybridized carbons (Fsp3) is 0.143. The van der Waals surface area contributed by atoms with Crippen LogP contribution in [0.15, 0.2) is 50.6 Å². The molecule has 0 aliphatic heterocycles. The Balaban J connectivity index is 1.68. The third-order valence-electron chi connectivity index (χ3n) is 2.39. The predicted octanol–water partition coefficient (Wildman–Crippen LogP) is 4.08. The molecule has 1 amide bonds. The largest absolute Gasteiger partial charge is 0.448 e. The summed E-state index contributed by atoms with van der Waals surface area (Å²) in [4.78, 5) is 11.6. The minimum Gasteiger partial charge on any atom is -0.448 e. The first-order valence-corrected chi connectivity index (χ1v) is 8.35. The Hall–Kier alpha value is -1.24. The maximum atomic E-state index is 11.6. The van der Waals surface area contributed by atoms with Gasteiger partial charge in [-0.1, -0.05) is 23.7 Å². The molecule has 0 fully saturated rings. The van der Waals surface area contributed by atoms with Crippen molar-refractivity contribution in [2.75, 3.05) is 5.75 Å². The van der Waals surface area contributed by atoms with Crippen molar-refractivity contribution < 1.29 is 9.21 Å². The quantitative estimate of drug-likeness (QED) is 0.600. The fourth-order valence-corrected chi connectivity index (χ4v) is 2.67. The standard InChI is InChI=1S/C14H12BrClN2O2S/c15-13-6-5-12(20-13)7-17-18-14(19)9-21-8-10-1-3-11(16)4-2-10/h1-7H,8-9H2,(H,18,19)/b17-7+. The number of rotatable bonds is 6. The van der Waals surface area contributed by atoms with Crippen molar-refractivity contribution >= 4 is 51.4 Å². The van der Waals surface area contributed by atoms with E-state index in [0.717, 1.165) is 11.3 Å². The molecule has 4 nitrogen and oxygen atoms in total. The van der Waals surface area contributed by atoms with Crippen LogP contribution in [0.4, 0.5) is 0 Å². The van der Waals surface area contributed by atoms with Crippen LogP contribution in [0.1, 0.15) is 11.3 Å². The van der Waals surface area contributed by atoms with E-state index in [-0.39, 0.29) is 5.91 Å². The van der Waals surface area contributed by atoms with Crippen LogP contribution in [0.25, 0.3) is 0 Å². The molecule has 0 atom stereocenters. The number of hydrogen-bond donors (Lipinski definition) is 1. The third kappa shape index (κ3) is 5.95. The zero-order valence-corrected chi connectivity index (χ0v) is 14.0. The summed E-state index contributed by atoms with van der Waals surface area (Å²) < 4.78 is 5.83. The van der Waals surface area contributed by atoms with Gasteiger partial charge in [-0.15, -0.1) is 11.8 Å². The molecule has 0 saturated heterocycles. The molecule has 0 unspecified atom stereocenters. The number of carbonyl (C=O) groups is 1. The second-order valence-corrected chi connectivity index (χ2v) is 6.26. The Morgan fingerprint density at radius 1 is 1.33 bits per heavy atom. The Morgan fingerprint density at radius 2 is 2.10 bits per heavy atom. The molecule has 0 spiro atoms. The van der Waals surface area contributed by atoms with E-state index in [9.17, 15) is 4.79 Å². The molecule has 110 valence electrons. The molecule has 2 rings (SSSR count). The summed E-state index contributed by atoms with van der Waals surface area (Å²) in [7, 11) is 0. The van der Waals surface area contributed by atoms with E-state index in [0.29, 0.717) is 21.2 Å². The topological polar surface area (TPSA) is 54.6 Å². The molecule has 1 aromatic carbocycles. The lowest BCUT2D eigenvalue weighted by Gasteiger charge is -2.01. The second-order valence-electron chi connectivity index (χ2n) is 4.05. The lowest BCUT2D eigenvalue weighted by Crippen LogP contribution is -2.19. The van der Waals surface area contributed by atoms with Gasteiger partial charge in [0.2, 0.25) is 5.91 Å². The van der Waals surface area contributed by atoms with Gasteiger partial charge in [0.15, 0.2) is 4.67 Å². The van der Waals surface area contributed by atoms with Gasteiger partial charge in [0.25, 0.3) is 0 Å². The van der Waals surface area contributed by atoms with Crippen molar-refractivity contribution in [2.45, 2.75) is 5.75 Å². The number of benzene rings is 1. The molecule has 0 aliphatic rings. The highest BCUT2D eigenvalue weighted by atomic mass is 79.9. The Labute approximate surface area is 140 Å². The van der Waals surface area contributed by atoms with Crippen LogP contribution in [0.3, 0.4) is 0 Å². The first-order chi connectivity index (χ1) is 10.1. The number of nitrogens with zero attached hydrogens (tertiary/aromatic N) is 1. The van der Waals surface area contributed by atoms with Crippen LogP contribution < -0.4 is 5.43 Å². The number of amides is 1. The smallest absolute Gasteiger partial charge is 0.250 e. The van der Waals surface area contributed by atoms with Gasteiger partial charge in [-0.3, -0.25) is 4.79 Å². The molecule has 21 heavy (non-hydrogen) atoms. The summed E-state index contributed by atoms with van der Waals surface area (Å²) in [5.74, 6) is 1.49. The van der Waals surface area contributed by atoms with Crippen molar-refractivity contribution in [3.63, 3.8) is 0 Å². The van der Waals surface area contributed by atoms with Gasteiger partial charge in [-0.25, -0.2) is 5.43 Å². The highest BCUT2D eigenvalue weighted by Crippen LogP contribution is 2.15. The SMILES string of the molecule is O=C(CSCc1ccc(Cl)cc1)N/N=C/c1ccc(Br)o1. The van der Waals surface area contributed by atoms with Gasteiger partial charge >= 0.3 is 0 Å². The van der Waals surface area contributed by atoms with Crippen molar-refractivity contribution in [3.05, 3.63) is 57.4 Å². The molecule has 1 aromatic heterocycles. The van der Waals surface area contributed by atoms with E-state index in [4.69, 9.17) is 16.0 Å². The molecular weight excluding hydrogens is 376 g/mol. The number of thioether (sulfide) groups is 1. The number of carbonyl (C=O) groups excluding carboxylic acids is 1. The molecule has 2 aromatic rings. The predicted molar refractivity (Wildman–Crippen MR) is 89.8 cm³/mol. The molecule has 1 N–H and O–H groups in total. The first kappa shape index (κ1) is 16.1. The third-order valence-corrected chi connectivity index (χ3v) is 4.07. The zero-order chi connectivity index (χ0) is 15.1. The van der Waals surface area contributed by atoms with Gasteiger partial charge in [-0.05, 0) is 45.8 Å². The van der Waals surface area contributed by atoms with Gasteiger partial charge < -0.3 is 4.42 Å². The molecule has 0 radical (unpaired) electrons. The van der Waals surface area contributed by atoms with E-state index in [1.54, 1.807) is 12.1 Å². The Bertz CT molecular complexity index is 628. The van der Waals surface area contributed by atoms with Crippen LogP contribution in [0, 0.1) is 0 Å².